The molecule has 10 heteroatoms. The highest BCUT2D eigenvalue weighted by atomic mass is 16.5. The van der Waals surface area contributed by atoms with Gasteiger partial charge in [0.25, 0.3) is 11.8 Å². The maximum absolute atomic E-state index is 13.2. The summed E-state index contributed by atoms with van der Waals surface area (Å²) in [6, 6.07) is 5.58. The lowest BCUT2D eigenvalue weighted by molar-refractivity contribution is -0.142. The Labute approximate surface area is 191 Å². The molecular weight excluding hydrogens is 424 g/mol. The number of hydrogen-bond donors (Lipinski definition) is 1. The van der Waals surface area contributed by atoms with Crippen LogP contribution in [-0.2, 0) is 16.0 Å². The molecule has 1 saturated heterocycles. The van der Waals surface area contributed by atoms with Crippen molar-refractivity contribution in [3.63, 3.8) is 0 Å². The molecule has 0 radical (unpaired) electrons. The number of fused-ring (bicyclic) bond motifs is 2. The number of ether oxygens (including phenoxy) is 2. The summed E-state index contributed by atoms with van der Waals surface area (Å²) in [7, 11) is 3.43. The largest absolute Gasteiger partial charge is 0.477 e. The number of nitrogens with one attached hydrogen (secondary N) is 1. The van der Waals surface area contributed by atoms with E-state index in [2.05, 4.69) is 20.3 Å². The van der Waals surface area contributed by atoms with Gasteiger partial charge < -0.3 is 24.6 Å². The number of aromatic nitrogens is 3. The van der Waals surface area contributed by atoms with E-state index in [1.165, 1.54) is 11.1 Å². The highest BCUT2D eigenvalue weighted by Gasteiger charge is 2.43. The quantitative estimate of drug-likeness (QED) is 0.644. The summed E-state index contributed by atoms with van der Waals surface area (Å²) in [5.41, 5.74) is 2.24. The number of hydrogen-bond acceptors (Lipinski definition) is 7. The van der Waals surface area contributed by atoms with Crippen LogP contribution in [-0.4, -0.2) is 77.3 Å². The summed E-state index contributed by atoms with van der Waals surface area (Å²) in [5, 5.41) is 7.26. The van der Waals surface area contributed by atoms with Gasteiger partial charge in [0.05, 0.1) is 30.8 Å². The molecule has 10 nitrogen and oxygen atoms in total. The van der Waals surface area contributed by atoms with Crippen LogP contribution in [0.15, 0.2) is 36.8 Å². The van der Waals surface area contributed by atoms with Crippen LogP contribution in [0.3, 0.4) is 0 Å². The SMILES string of the molecule is CN(C)C(=O)[C@]1(C)Cc2cc(NC(=O)c3cnn4cccnc34)c(N3CCOCC3)cc2O1. The summed E-state index contributed by atoms with van der Waals surface area (Å²) in [6.07, 6.45) is 5.30. The van der Waals surface area contributed by atoms with Crippen LogP contribution in [0, 0.1) is 0 Å². The fraction of sp³-hybridized carbons (Fsp3) is 0.391. The Balaban J connectivity index is 1.51. The van der Waals surface area contributed by atoms with Crippen molar-refractivity contribution in [3.05, 3.63) is 47.9 Å². The first-order valence-electron chi connectivity index (χ1n) is 10.9. The van der Waals surface area contributed by atoms with Crippen molar-refractivity contribution in [2.45, 2.75) is 18.9 Å². The Kier molecular flexibility index (Phi) is 5.16. The third-order valence-electron chi connectivity index (χ3n) is 6.02. The fourth-order valence-corrected chi connectivity index (χ4v) is 4.42. The van der Waals surface area contributed by atoms with E-state index < -0.39 is 5.60 Å². The molecule has 1 aromatic carbocycles. The summed E-state index contributed by atoms with van der Waals surface area (Å²) in [6.45, 7) is 4.37. The number of benzene rings is 1. The molecule has 0 unspecified atom stereocenters. The van der Waals surface area contributed by atoms with Crippen molar-refractivity contribution < 1.29 is 19.1 Å². The Morgan fingerprint density at radius 1 is 1.21 bits per heavy atom. The molecule has 0 spiro atoms. The Bertz CT molecular complexity index is 1230. The van der Waals surface area contributed by atoms with E-state index in [4.69, 9.17) is 9.47 Å². The van der Waals surface area contributed by atoms with Crippen LogP contribution in [0.2, 0.25) is 0 Å². The van der Waals surface area contributed by atoms with E-state index >= 15 is 0 Å². The van der Waals surface area contributed by atoms with Crippen LogP contribution in [0.5, 0.6) is 5.75 Å². The van der Waals surface area contributed by atoms with Gasteiger partial charge in [-0.15, -0.1) is 0 Å². The number of likely N-dealkylation sites (N-methyl/N-ethyl adjacent to an activating group) is 1. The van der Waals surface area contributed by atoms with Crippen LogP contribution in [0.1, 0.15) is 22.8 Å². The maximum atomic E-state index is 13.2. The van der Waals surface area contributed by atoms with Crippen molar-refractivity contribution in [1.82, 2.24) is 19.5 Å². The molecule has 172 valence electrons. The average molecular weight is 450 g/mol. The number of nitrogens with zero attached hydrogens (tertiary/aromatic N) is 5. The van der Waals surface area contributed by atoms with Gasteiger partial charge in [-0.2, -0.15) is 5.10 Å². The maximum Gasteiger partial charge on any atom is 0.266 e. The number of rotatable bonds is 4. The molecule has 0 aliphatic carbocycles. The van der Waals surface area contributed by atoms with Gasteiger partial charge in [0.1, 0.15) is 11.3 Å². The zero-order valence-electron chi connectivity index (χ0n) is 18.9. The number of carbonyl (C=O) groups excluding carboxylic acids is 2. The van der Waals surface area contributed by atoms with E-state index in [1.807, 2.05) is 12.1 Å². The highest BCUT2D eigenvalue weighted by molar-refractivity contribution is 6.09. The van der Waals surface area contributed by atoms with Crippen molar-refractivity contribution in [2.75, 3.05) is 50.6 Å². The second-order valence-corrected chi connectivity index (χ2v) is 8.69. The molecule has 0 saturated carbocycles. The smallest absolute Gasteiger partial charge is 0.266 e. The number of carbonyl (C=O) groups is 2. The number of morpholine rings is 1. The third-order valence-corrected chi connectivity index (χ3v) is 6.02. The highest BCUT2D eigenvalue weighted by Crippen LogP contribution is 2.42. The van der Waals surface area contributed by atoms with Gasteiger partial charge in [0, 0.05) is 57.6 Å². The average Bonchev–Trinajstić information content (AvgIpc) is 3.39. The van der Waals surface area contributed by atoms with Crippen LogP contribution < -0.4 is 15.0 Å². The van der Waals surface area contributed by atoms with Gasteiger partial charge in [-0.05, 0) is 19.1 Å². The second-order valence-electron chi connectivity index (χ2n) is 8.69. The fourth-order valence-electron chi connectivity index (χ4n) is 4.42. The molecule has 2 amide bonds. The molecule has 2 aliphatic heterocycles. The zero-order chi connectivity index (χ0) is 23.2. The van der Waals surface area contributed by atoms with E-state index in [1.54, 1.807) is 44.0 Å². The monoisotopic (exact) mass is 450 g/mol. The lowest BCUT2D eigenvalue weighted by Crippen LogP contribution is -2.47. The summed E-state index contributed by atoms with van der Waals surface area (Å²) in [4.78, 5) is 33.9. The number of anilines is 2. The zero-order valence-corrected chi connectivity index (χ0v) is 18.9. The topological polar surface area (TPSA) is 101 Å². The minimum atomic E-state index is -0.983. The molecule has 1 N–H and O–H groups in total. The molecule has 3 aromatic rings. The Morgan fingerprint density at radius 3 is 2.76 bits per heavy atom. The van der Waals surface area contributed by atoms with Crippen molar-refractivity contribution in [1.29, 1.82) is 0 Å². The van der Waals surface area contributed by atoms with Crippen molar-refractivity contribution in [3.8, 4) is 5.75 Å². The van der Waals surface area contributed by atoms with E-state index in [9.17, 15) is 9.59 Å². The van der Waals surface area contributed by atoms with E-state index in [0.717, 1.165) is 11.3 Å². The van der Waals surface area contributed by atoms with Gasteiger partial charge in [-0.1, -0.05) is 0 Å². The molecule has 2 aliphatic rings. The predicted octanol–water partition coefficient (Wildman–Crippen LogP) is 1.60. The first-order chi connectivity index (χ1) is 15.9. The molecule has 0 bridgehead atoms. The molecule has 1 fully saturated rings. The van der Waals surface area contributed by atoms with Crippen LogP contribution in [0.25, 0.3) is 5.65 Å². The van der Waals surface area contributed by atoms with Gasteiger partial charge in [0.2, 0.25) is 0 Å². The van der Waals surface area contributed by atoms with Gasteiger partial charge >= 0.3 is 0 Å². The molecule has 1 atom stereocenters. The van der Waals surface area contributed by atoms with Gasteiger partial charge in [-0.25, -0.2) is 9.50 Å². The molecule has 2 aromatic heterocycles. The molecule has 5 rings (SSSR count). The first kappa shape index (κ1) is 21.2. The normalized spacial score (nSPS) is 19.8. The minimum Gasteiger partial charge on any atom is -0.477 e. The number of amides is 2. The summed E-state index contributed by atoms with van der Waals surface area (Å²) >= 11 is 0. The van der Waals surface area contributed by atoms with Crippen molar-refractivity contribution in [2.24, 2.45) is 0 Å². The third kappa shape index (κ3) is 3.76. The van der Waals surface area contributed by atoms with E-state index in [-0.39, 0.29) is 11.8 Å². The predicted molar refractivity (Wildman–Crippen MR) is 122 cm³/mol. The lowest BCUT2D eigenvalue weighted by atomic mass is 9.97. The van der Waals surface area contributed by atoms with Gasteiger partial charge in [-0.3, -0.25) is 9.59 Å². The molecular formula is C23H26N6O4. The lowest BCUT2D eigenvalue weighted by Gasteiger charge is -2.31. The van der Waals surface area contributed by atoms with E-state index in [0.29, 0.717) is 55.4 Å². The minimum absolute atomic E-state index is 0.102. The Hall–Kier alpha value is -3.66. The molecule has 4 heterocycles. The van der Waals surface area contributed by atoms with Crippen LogP contribution >= 0.6 is 0 Å². The summed E-state index contributed by atoms with van der Waals surface area (Å²) < 4.78 is 13.2. The van der Waals surface area contributed by atoms with Crippen LogP contribution in [0.4, 0.5) is 11.4 Å². The van der Waals surface area contributed by atoms with Crippen molar-refractivity contribution >= 4 is 28.8 Å². The summed E-state index contributed by atoms with van der Waals surface area (Å²) in [5.74, 6) is 0.253. The standard InChI is InChI=1S/C23H26N6O4/c1-23(22(31)27(2)3)13-15-11-17(18(12-19(15)33-23)28-7-9-32-10-8-28)26-21(30)16-14-25-29-6-4-5-24-20(16)29/h4-6,11-12,14H,7-10,13H2,1-3H3,(H,26,30)/t23-/m0/s1. The second kappa shape index (κ2) is 8.04. The first-order valence-corrected chi connectivity index (χ1v) is 10.9. The molecule has 33 heavy (non-hydrogen) atoms. The van der Waals surface area contributed by atoms with Gasteiger partial charge in [0.15, 0.2) is 11.2 Å². The Morgan fingerprint density at radius 2 is 2.00 bits per heavy atom.